The molecule has 28 heavy (non-hydrogen) atoms. The standard InChI is InChI=1S/C22H20N4O2/c27-20-8-4-5-13-26(20)19-11-9-17(10-12-19)22(28)25-18-14-23-21(24-15-18)16-6-2-1-3-7-16/h1-3,6-7,9-12,14-15H,4-5,8,13H2,(H,25,28). The molecule has 4 rings (SSSR count). The average molecular weight is 372 g/mol. The van der Waals surface area contributed by atoms with Crippen LogP contribution >= 0.6 is 0 Å². The zero-order valence-electron chi connectivity index (χ0n) is 15.3. The van der Waals surface area contributed by atoms with Crippen LogP contribution in [0.1, 0.15) is 29.6 Å². The lowest BCUT2D eigenvalue weighted by atomic mass is 10.1. The zero-order chi connectivity index (χ0) is 19.3. The molecule has 0 saturated carbocycles. The molecular formula is C22H20N4O2. The number of carbonyl (C=O) groups is 2. The summed E-state index contributed by atoms with van der Waals surface area (Å²) in [5.41, 5.74) is 2.79. The number of piperidine rings is 1. The van der Waals surface area contributed by atoms with Crippen molar-refractivity contribution < 1.29 is 9.59 Å². The van der Waals surface area contributed by atoms with Gasteiger partial charge in [0.15, 0.2) is 5.82 Å². The van der Waals surface area contributed by atoms with Crippen molar-refractivity contribution in [2.45, 2.75) is 19.3 Å². The highest BCUT2D eigenvalue weighted by Crippen LogP contribution is 2.22. The second-order valence-corrected chi connectivity index (χ2v) is 6.66. The first kappa shape index (κ1) is 17.9. The highest BCUT2D eigenvalue weighted by atomic mass is 16.2. The third-order valence-electron chi connectivity index (χ3n) is 4.71. The lowest BCUT2D eigenvalue weighted by Crippen LogP contribution is -2.35. The van der Waals surface area contributed by atoms with Crippen molar-refractivity contribution in [3.8, 4) is 11.4 Å². The van der Waals surface area contributed by atoms with Gasteiger partial charge in [0.05, 0.1) is 18.1 Å². The number of hydrogen-bond acceptors (Lipinski definition) is 4. The van der Waals surface area contributed by atoms with Crippen LogP contribution in [0.5, 0.6) is 0 Å². The number of anilines is 2. The molecule has 1 N–H and O–H groups in total. The Kier molecular flexibility index (Phi) is 5.10. The Bertz CT molecular complexity index is 970. The Morgan fingerprint density at radius 2 is 1.64 bits per heavy atom. The number of nitrogens with one attached hydrogen (secondary N) is 1. The molecule has 140 valence electrons. The largest absolute Gasteiger partial charge is 0.319 e. The van der Waals surface area contributed by atoms with E-state index in [1.807, 2.05) is 42.5 Å². The minimum absolute atomic E-state index is 0.138. The normalized spacial score (nSPS) is 14.0. The Morgan fingerprint density at radius 1 is 0.929 bits per heavy atom. The molecule has 0 unspecified atom stereocenters. The van der Waals surface area contributed by atoms with Gasteiger partial charge in [-0.1, -0.05) is 30.3 Å². The minimum atomic E-state index is -0.243. The van der Waals surface area contributed by atoms with E-state index in [-0.39, 0.29) is 11.8 Å². The van der Waals surface area contributed by atoms with Gasteiger partial charge in [0, 0.05) is 29.8 Å². The van der Waals surface area contributed by atoms with Gasteiger partial charge >= 0.3 is 0 Å². The Hall–Kier alpha value is -3.54. The van der Waals surface area contributed by atoms with Crippen LogP contribution in [0.4, 0.5) is 11.4 Å². The van der Waals surface area contributed by atoms with Gasteiger partial charge in [-0.25, -0.2) is 9.97 Å². The fourth-order valence-corrected chi connectivity index (χ4v) is 3.20. The molecule has 2 amide bonds. The topological polar surface area (TPSA) is 75.2 Å². The van der Waals surface area contributed by atoms with Gasteiger partial charge in [-0.3, -0.25) is 9.59 Å². The highest BCUT2D eigenvalue weighted by molar-refractivity contribution is 6.04. The van der Waals surface area contributed by atoms with Crippen molar-refractivity contribution in [3.63, 3.8) is 0 Å². The monoisotopic (exact) mass is 372 g/mol. The van der Waals surface area contributed by atoms with Crippen LogP contribution in [0.15, 0.2) is 67.0 Å². The van der Waals surface area contributed by atoms with E-state index >= 15 is 0 Å². The molecule has 1 aliphatic rings. The molecule has 0 bridgehead atoms. The number of rotatable bonds is 4. The SMILES string of the molecule is O=C(Nc1cnc(-c2ccccc2)nc1)c1ccc(N2CCCCC2=O)cc1. The lowest BCUT2D eigenvalue weighted by Gasteiger charge is -2.26. The number of amides is 2. The van der Waals surface area contributed by atoms with E-state index in [1.54, 1.807) is 29.4 Å². The summed E-state index contributed by atoms with van der Waals surface area (Å²) in [6.45, 7) is 0.732. The Balaban J connectivity index is 1.43. The van der Waals surface area contributed by atoms with Crippen LogP contribution in [0.3, 0.4) is 0 Å². The molecule has 0 radical (unpaired) electrons. The second kappa shape index (κ2) is 8.00. The van der Waals surface area contributed by atoms with Crippen molar-refractivity contribution >= 4 is 23.2 Å². The summed E-state index contributed by atoms with van der Waals surface area (Å²) in [5.74, 6) is 0.501. The third-order valence-corrected chi connectivity index (χ3v) is 4.71. The van der Waals surface area contributed by atoms with Gasteiger partial charge in [-0.2, -0.15) is 0 Å². The first-order valence-electron chi connectivity index (χ1n) is 9.30. The van der Waals surface area contributed by atoms with E-state index in [1.165, 1.54) is 0 Å². The fraction of sp³-hybridized carbons (Fsp3) is 0.182. The molecule has 2 heterocycles. The van der Waals surface area contributed by atoms with Crippen LogP contribution in [-0.2, 0) is 4.79 Å². The highest BCUT2D eigenvalue weighted by Gasteiger charge is 2.19. The first-order valence-corrected chi connectivity index (χ1v) is 9.30. The summed E-state index contributed by atoms with van der Waals surface area (Å²) in [7, 11) is 0. The van der Waals surface area contributed by atoms with E-state index in [0.717, 1.165) is 30.6 Å². The van der Waals surface area contributed by atoms with Gasteiger partial charge < -0.3 is 10.2 Å². The summed E-state index contributed by atoms with van der Waals surface area (Å²) in [5, 5.41) is 2.80. The van der Waals surface area contributed by atoms with Crippen molar-refractivity contribution in [1.29, 1.82) is 0 Å². The van der Waals surface area contributed by atoms with E-state index in [4.69, 9.17) is 0 Å². The fourth-order valence-electron chi connectivity index (χ4n) is 3.20. The van der Waals surface area contributed by atoms with Crippen LogP contribution in [0.25, 0.3) is 11.4 Å². The maximum atomic E-state index is 12.5. The first-order chi connectivity index (χ1) is 13.7. The molecular weight excluding hydrogens is 352 g/mol. The van der Waals surface area contributed by atoms with Crippen molar-refractivity contribution in [2.24, 2.45) is 0 Å². The zero-order valence-corrected chi connectivity index (χ0v) is 15.3. The number of benzene rings is 2. The van der Waals surface area contributed by atoms with Gasteiger partial charge in [0.1, 0.15) is 0 Å². The number of carbonyl (C=O) groups excluding carboxylic acids is 2. The van der Waals surface area contributed by atoms with Gasteiger partial charge in [-0.05, 0) is 37.1 Å². The average Bonchev–Trinajstić information content (AvgIpc) is 2.75. The maximum absolute atomic E-state index is 12.5. The van der Waals surface area contributed by atoms with Crippen molar-refractivity contribution in [2.75, 3.05) is 16.8 Å². The maximum Gasteiger partial charge on any atom is 0.255 e. The summed E-state index contributed by atoms with van der Waals surface area (Å²) < 4.78 is 0. The molecule has 1 aromatic heterocycles. The van der Waals surface area contributed by atoms with Crippen molar-refractivity contribution in [1.82, 2.24) is 9.97 Å². The summed E-state index contributed by atoms with van der Waals surface area (Å²) in [6.07, 6.45) is 5.72. The van der Waals surface area contributed by atoms with E-state index < -0.39 is 0 Å². The molecule has 0 aliphatic carbocycles. The molecule has 0 spiro atoms. The molecule has 3 aromatic rings. The molecule has 0 atom stereocenters. The second-order valence-electron chi connectivity index (χ2n) is 6.66. The Labute approximate surface area is 163 Å². The molecule has 6 nitrogen and oxygen atoms in total. The van der Waals surface area contributed by atoms with Crippen LogP contribution < -0.4 is 10.2 Å². The lowest BCUT2D eigenvalue weighted by molar-refractivity contribution is -0.119. The molecule has 1 fully saturated rings. The quantitative estimate of drug-likeness (QED) is 0.753. The number of hydrogen-bond donors (Lipinski definition) is 1. The molecule has 1 saturated heterocycles. The summed E-state index contributed by atoms with van der Waals surface area (Å²) >= 11 is 0. The van der Waals surface area contributed by atoms with Gasteiger partial charge in [0.25, 0.3) is 5.91 Å². The minimum Gasteiger partial charge on any atom is -0.319 e. The van der Waals surface area contributed by atoms with E-state index in [9.17, 15) is 9.59 Å². The smallest absolute Gasteiger partial charge is 0.255 e. The van der Waals surface area contributed by atoms with E-state index in [0.29, 0.717) is 23.5 Å². The predicted molar refractivity (Wildman–Crippen MR) is 108 cm³/mol. The number of aromatic nitrogens is 2. The molecule has 1 aliphatic heterocycles. The Morgan fingerprint density at radius 3 is 2.32 bits per heavy atom. The number of nitrogens with zero attached hydrogens (tertiary/aromatic N) is 3. The van der Waals surface area contributed by atoms with Crippen LogP contribution in [0, 0.1) is 0 Å². The van der Waals surface area contributed by atoms with Crippen molar-refractivity contribution in [3.05, 3.63) is 72.6 Å². The molecule has 2 aromatic carbocycles. The van der Waals surface area contributed by atoms with E-state index in [2.05, 4.69) is 15.3 Å². The summed E-state index contributed by atoms with van der Waals surface area (Å²) in [4.78, 5) is 34.9. The van der Waals surface area contributed by atoms with Crippen LogP contribution in [-0.4, -0.2) is 28.3 Å². The summed E-state index contributed by atoms with van der Waals surface area (Å²) in [6, 6.07) is 16.7. The van der Waals surface area contributed by atoms with Gasteiger partial charge in [-0.15, -0.1) is 0 Å². The van der Waals surface area contributed by atoms with Crippen LogP contribution in [0.2, 0.25) is 0 Å². The third kappa shape index (κ3) is 3.91. The van der Waals surface area contributed by atoms with Gasteiger partial charge in [0.2, 0.25) is 5.91 Å². The predicted octanol–water partition coefficient (Wildman–Crippen LogP) is 3.91. The molecule has 6 heteroatoms.